The molecule has 1 heterocycles. The second-order valence-electron chi connectivity index (χ2n) is 4.48. The first-order chi connectivity index (χ1) is 5.77. The van der Waals surface area contributed by atoms with Crippen LogP contribution in [0.1, 0.15) is 32.6 Å². The second-order valence-corrected chi connectivity index (χ2v) is 4.48. The van der Waals surface area contributed by atoms with Gasteiger partial charge in [0.1, 0.15) is 0 Å². The van der Waals surface area contributed by atoms with Crippen LogP contribution in [0.25, 0.3) is 0 Å². The van der Waals surface area contributed by atoms with Crippen molar-refractivity contribution in [2.75, 3.05) is 13.1 Å². The molecule has 1 saturated carbocycles. The van der Waals surface area contributed by atoms with E-state index in [0.717, 1.165) is 18.5 Å². The highest BCUT2D eigenvalue weighted by molar-refractivity contribution is 4.88. The van der Waals surface area contributed by atoms with Gasteiger partial charge in [-0.1, -0.05) is 0 Å². The molecule has 2 rings (SSSR count). The lowest BCUT2D eigenvalue weighted by Crippen LogP contribution is -2.47. The van der Waals surface area contributed by atoms with Crippen LogP contribution in [0.15, 0.2) is 0 Å². The van der Waals surface area contributed by atoms with E-state index in [2.05, 4.69) is 11.8 Å². The van der Waals surface area contributed by atoms with E-state index in [0.29, 0.717) is 6.04 Å². The lowest BCUT2D eigenvalue weighted by atomic mass is 10.0. The van der Waals surface area contributed by atoms with Gasteiger partial charge in [0.25, 0.3) is 0 Å². The Morgan fingerprint density at radius 2 is 2.08 bits per heavy atom. The molecule has 1 aliphatic carbocycles. The Balaban J connectivity index is 1.84. The van der Waals surface area contributed by atoms with E-state index < -0.39 is 0 Å². The van der Waals surface area contributed by atoms with Gasteiger partial charge in [-0.05, 0) is 45.1 Å². The summed E-state index contributed by atoms with van der Waals surface area (Å²) in [5, 5.41) is 0. The molecule has 0 bridgehead atoms. The molecule has 2 atom stereocenters. The van der Waals surface area contributed by atoms with E-state index in [1.54, 1.807) is 0 Å². The maximum absolute atomic E-state index is 5.94. The van der Waals surface area contributed by atoms with Crippen molar-refractivity contribution in [1.82, 2.24) is 4.90 Å². The Kier molecular flexibility index (Phi) is 2.37. The summed E-state index contributed by atoms with van der Waals surface area (Å²) in [4.78, 5) is 2.59. The van der Waals surface area contributed by atoms with E-state index in [1.807, 2.05) is 0 Å². The maximum atomic E-state index is 5.94. The summed E-state index contributed by atoms with van der Waals surface area (Å²) in [5.41, 5.74) is 5.94. The minimum absolute atomic E-state index is 0.444. The molecule has 0 spiro atoms. The number of hydrogen-bond acceptors (Lipinski definition) is 2. The van der Waals surface area contributed by atoms with Crippen LogP contribution in [0.5, 0.6) is 0 Å². The van der Waals surface area contributed by atoms with Crippen molar-refractivity contribution >= 4 is 0 Å². The molecule has 1 aliphatic heterocycles. The lowest BCUT2D eigenvalue weighted by molar-refractivity contribution is 0.144. The highest BCUT2D eigenvalue weighted by atomic mass is 15.2. The molecule has 0 aromatic heterocycles. The van der Waals surface area contributed by atoms with Gasteiger partial charge in [-0.3, -0.25) is 4.90 Å². The number of hydrogen-bond donors (Lipinski definition) is 1. The largest absolute Gasteiger partial charge is 0.327 e. The number of piperidine rings is 1. The molecule has 2 unspecified atom stereocenters. The van der Waals surface area contributed by atoms with Gasteiger partial charge >= 0.3 is 0 Å². The number of rotatable bonds is 2. The second kappa shape index (κ2) is 3.35. The van der Waals surface area contributed by atoms with Crippen molar-refractivity contribution in [3.05, 3.63) is 0 Å². The topological polar surface area (TPSA) is 29.3 Å². The van der Waals surface area contributed by atoms with Crippen LogP contribution in [-0.2, 0) is 0 Å². The molecule has 12 heavy (non-hydrogen) atoms. The summed E-state index contributed by atoms with van der Waals surface area (Å²) in [6.45, 7) is 4.79. The molecule has 0 aromatic rings. The zero-order valence-electron chi connectivity index (χ0n) is 8.00. The van der Waals surface area contributed by atoms with E-state index in [1.165, 1.54) is 32.2 Å². The monoisotopic (exact) mass is 168 g/mol. The van der Waals surface area contributed by atoms with Crippen LogP contribution < -0.4 is 5.73 Å². The highest BCUT2D eigenvalue weighted by Crippen LogP contribution is 2.35. The lowest BCUT2D eigenvalue weighted by Gasteiger charge is -2.35. The molecule has 2 heteroatoms. The third-order valence-corrected chi connectivity index (χ3v) is 3.37. The Morgan fingerprint density at radius 3 is 2.67 bits per heavy atom. The summed E-state index contributed by atoms with van der Waals surface area (Å²) in [6.07, 6.45) is 5.44. The number of likely N-dealkylation sites (tertiary alicyclic amines) is 1. The molecule has 70 valence electrons. The van der Waals surface area contributed by atoms with Crippen molar-refractivity contribution in [3.63, 3.8) is 0 Å². The van der Waals surface area contributed by atoms with Crippen LogP contribution in [0.2, 0.25) is 0 Å². The SMILES string of the molecule is CC(C1CC1)N1CCCC(N)C1. The number of nitrogens with zero attached hydrogens (tertiary/aromatic N) is 1. The first-order valence-corrected chi connectivity index (χ1v) is 5.27. The minimum Gasteiger partial charge on any atom is -0.327 e. The van der Waals surface area contributed by atoms with Crippen LogP contribution in [0, 0.1) is 5.92 Å². The fraction of sp³-hybridized carbons (Fsp3) is 1.00. The van der Waals surface area contributed by atoms with E-state index in [-0.39, 0.29) is 0 Å². The molecule has 0 aromatic carbocycles. The first-order valence-electron chi connectivity index (χ1n) is 5.27. The summed E-state index contributed by atoms with van der Waals surface area (Å²) < 4.78 is 0. The van der Waals surface area contributed by atoms with Crippen molar-refractivity contribution in [2.45, 2.75) is 44.7 Å². The quantitative estimate of drug-likeness (QED) is 0.671. The molecule has 2 fully saturated rings. The predicted molar refractivity (Wildman–Crippen MR) is 51.0 cm³/mol. The van der Waals surface area contributed by atoms with Crippen molar-refractivity contribution in [3.8, 4) is 0 Å². The summed E-state index contributed by atoms with van der Waals surface area (Å²) >= 11 is 0. The van der Waals surface area contributed by atoms with Crippen molar-refractivity contribution in [1.29, 1.82) is 0 Å². The zero-order valence-corrected chi connectivity index (χ0v) is 8.00. The molecule has 0 amide bonds. The van der Waals surface area contributed by atoms with Crippen LogP contribution in [0.3, 0.4) is 0 Å². The zero-order chi connectivity index (χ0) is 8.55. The fourth-order valence-corrected chi connectivity index (χ4v) is 2.29. The first kappa shape index (κ1) is 8.52. The summed E-state index contributed by atoms with van der Waals surface area (Å²) in [6, 6.07) is 1.25. The highest BCUT2D eigenvalue weighted by Gasteiger charge is 2.33. The Bertz CT molecular complexity index is 154. The fourth-order valence-electron chi connectivity index (χ4n) is 2.29. The maximum Gasteiger partial charge on any atom is 0.0168 e. The predicted octanol–water partition coefficient (Wildman–Crippen LogP) is 1.21. The minimum atomic E-state index is 0.444. The molecule has 2 N–H and O–H groups in total. The molecule has 1 saturated heterocycles. The van der Waals surface area contributed by atoms with Gasteiger partial charge in [0.2, 0.25) is 0 Å². The smallest absolute Gasteiger partial charge is 0.0168 e. The average molecular weight is 168 g/mol. The normalized spacial score (nSPS) is 35.0. The molecular weight excluding hydrogens is 148 g/mol. The molecule has 2 nitrogen and oxygen atoms in total. The Labute approximate surface area is 75.1 Å². The van der Waals surface area contributed by atoms with Gasteiger partial charge in [0, 0.05) is 18.6 Å². The van der Waals surface area contributed by atoms with Crippen molar-refractivity contribution in [2.24, 2.45) is 11.7 Å². The van der Waals surface area contributed by atoms with Crippen LogP contribution in [0.4, 0.5) is 0 Å². The standard InChI is InChI=1S/C10H20N2/c1-8(9-4-5-9)12-6-2-3-10(11)7-12/h8-10H,2-7,11H2,1H3. The number of nitrogens with two attached hydrogens (primary N) is 1. The van der Waals surface area contributed by atoms with Gasteiger partial charge < -0.3 is 5.73 Å². The van der Waals surface area contributed by atoms with Crippen LogP contribution in [-0.4, -0.2) is 30.1 Å². The molecule has 2 aliphatic rings. The van der Waals surface area contributed by atoms with E-state index in [9.17, 15) is 0 Å². The van der Waals surface area contributed by atoms with E-state index >= 15 is 0 Å². The third kappa shape index (κ3) is 1.80. The summed E-state index contributed by atoms with van der Waals surface area (Å²) in [7, 11) is 0. The average Bonchev–Trinajstić information content (AvgIpc) is 2.85. The molecule has 0 radical (unpaired) electrons. The molecular formula is C10H20N2. The van der Waals surface area contributed by atoms with Gasteiger partial charge in [0.05, 0.1) is 0 Å². The van der Waals surface area contributed by atoms with Gasteiger partial charge in [-0.15, -0.1) is 0 Å². The summed E-state index contributed by atoms with van der Waals surface area (Å²) in [5.74, 6) is 0.996. The van der Waals surface area contributed by atoms with Gasteiger partial charge in [-0.25, -0.2) is 0 Å². The van der Waals surface area contributed by atoms with Crippen molar-refractivity contribution < 1.29 is 0 Å². The Morgan fingerprint density at radius 1 is 1.33 bits per heavy atom. The Hall–Kier alpha value is -0.0800. The van der Waals surface area contributed by atoms with Gasteiger partial charge in [-0.2, -0.15) is 0 Å². The third-order valence-electron chi connectivity index (χ3n) is 3.37. The van der Waals surface area contributed by atoms with Crippen LogP contribution >= 0.6 is 0 Å². The van der Waals surface area contributed by atoms with Gasteiger partial charge in [0.15, 0.2) is 0 Å². The van der Waals surface area contributed by atoms with E-state index in [4.69, 9.17) is 5.73 Å².